The molecule has 0 saturated heterocycles. The molecule has 0 aliphatic heterocycles. The molecular weight excluding hydrogens is 386 g/mol. The maximum absolute atomic E-state index is 12.7. The second-order valence-corrected chi connectivity index (χ2v) is 7.54. The Morgan fingerprint density at radius 3 is 2.59 bits per heavy atom. The van der Waals surface area contributed by atoms with Crippen LogP contribution in [-0.4, -0.2) is 22.2 Å². The number of carbonyl (C=O) groups excluding carboxylic acids is 1. The lowest BCUT2D eigenvalue weighted by molar-refractivity contribution is 0.102. The zero-order chi connectivity index (χ0) is 20.2. The molecule has 146 valence electrons. The summed E-state index contributed by atoms with van der Waals surface area (Å²) in [6.07, 6.45) is 0.0787. The van der Waals surface area contributed by atoms with Crippen LogP contribution in [0.4, 0.5) is 5.69 Å². The van der Waals surface area contributed by atoms with Gasteiger partial charge in [0, 0.05) is 5.56 Å². The van der Waals surface area contributed by atoms with Crippen molar-refractivity contribution in [3.63, 3.8) is 0 Å². The number of nitrogens with one attached hydrogen (secondary N) is 1. The van der Waals surface area contributed by atoms with Crippen molar-refractivity contribution in [2.75, 3.05) is 5.32 Å². The Hall–Kier alpha value is -3.45. The van der Waals surface area contributed by atoms with Gasteiger partial charge in [-0.1, -0.05) is 23.4 Å². The van der Waals surface area contributed by atoms with Crippen LogP contribution >= 0.6 is 11.3 Å². The van der Waals surface area contributed by atoms with Gasteiger partial charge in [-0.3, -0.25) is 4.79 Å². The summed E-state index contributed by atoms with van der Waals surface area (Å²) in [6, 6.07) is 18.2. The molecule has 29 heavy (non-hydrogen) atoms. The van der Waals surface area contributed by atoms with Gasteiger partial charge in [0.25, 0.3) is 11.8 Å². The molecule has 0 radical (unpaired) electrons. The summed E-state index contributed by atoms with van der Waals surface area (Å²) in [5, 5.41) is 8.92. The zero-order valence-electron chi connectivity index (χ0n) is 16.0. The maximum Gasteiger partial charge on any atom is 0.260 e. The Kier molecular flexibility index (Phi) is 5.39. The first-order chi connectivity index (χ1) is 14.1. The molecular formula is C22H19N3O3S. The van der Waals surface area contributed by atoms with Crippen LogP contribution in [0.15, 0.2) is 70.6 Å². The zero-order valence-corrected chi connectivity index (χ0v) is 16.8. The number of aromatic nitrogens is 2. The van der Waals surface area contributed by atoms with Crippen LogP contribution in [0.1, 0.15) is 24.2 Å². The van der Waals surface area contributed by atoms with E-state index in [4.69, 9.17) is 9.26 Å². The lowest BCUT2D eigenvalue weighted by Gasteiger charge is -2.11. The molecule has 4 rings (SSSR count). The second-order valence-electron chi connectivity index (χ2n) is 6.59. The number of benzene rings is 2. The number of ether oxygens (including phenoxy) is 1. The highest BCUT2D eigenvalue weighted by Gasteiger charge is 2.16. The molecule has 0 spiro atoms. The van der Waals surface area contributed by atoms with Gasteiger partial charge in [0.2, 0.25) is 5.82 Å². The minimum atomic E-state index is -0.230. The summed E-state index contributed by atoms with van der Waals surface area (Å²) in [5.41, 5.74) is 1.79. The number of amides is 1. The SMILES string of the molecule is CC(C)Oc1ccc(C(=O)Nc2ccccc2-c2nc(-c3cccs3)no2)cc1. The van der Waals surface area contributed by atoms with Gasteiger partial charge in [0.1, 0.15) is 5.75 Å². The van der Waals surface area contributed by atoms with Crippen molar-refractivity contribution in [1.82, 2.24) is 10.1 Å². The van der Waals surface area contributed by atoms with Crippen LogP contribution in [0, 0.1) is 0 Å². The van der Waals surface area contributed by atoms with E-state index in [0.29, 0.717) is 28.5 Å². The molecule has 0 unspecified atom stereocenters. The third-order valence-corrected chi connectivity index (χ3v) is 4.93. The van der Waals surface area contributed by atoms with E-state index in [1.54, 1.807) is 30.3 Å². The van der Waals surface area contributed by atoms with E-state index in [-0.39, 0.29) is 12.0 Å². The molecule has 6 nitrogen and oxygen atoms in total. The van der Waals surface area contributed by atoms with Crippen LogP contribution in [0.25, 0.3) is 22.2 Å². The fraction of sp³-hybridized carbons (Fsp3) is 0.136. The molecule has 2 aromatic heterocycles. The Bertz CT molecular complexity index is 1100. The number of nitrogens with zero attached hydrogens (tertiary/aromatic N) is 2. The van der Waals surface area contributed by atoms with E-state index in [0.717, 1.165) is 10.6 Å². The molecule has 0 atom stereocenters. The van der Waals surface area contributed by atoms with Gasteiger partial charge in [0.15, 0.2) is 0 Å². The standard InChI is InChI=1S/C22H19N3O3S/c1-14(2)27-16-11-9-15(10-12-16)21(26)23-18-7-4-3-6-17(18)22-24-20(25-28-22)19-8-5-13-29-19/h3-14H,1-2H3,(H,23,26). The molecule has 0 aliphatic carbocycles. The number of para-hydroxylation sites is 1. The largest absolute Gasteiger partial charge is 0.491 e. The summed E-state index contributed by atoms with van der Waals surface area (Å²) >= 11 is 1.54. The van der Waals surface area contributed by atoms with Crippen molar-refractivity contribution in [1.29, 1.82) is 0 Å². The molecule has 4 aromatic rings. The smallest absolute Gasteiger partial charge is 0.260 e. The van der Waals surface area contributed by atoms with E-state index in [1.165, 1.54) is 11.3 Å². The monoisotopic (exact) mass is 405 g/mol. The molecule has 7 heteroatoms. The van der Waals surface area contributed by atoms with Gasteiger partial charge in [-0.25, -0.2) is 0 Å². The fourth-order valence-corrected chi connectivity index (χ4v) is 3.42. The highest BCUT2D eigenvalue weighted by atomic mass is 32.1. The van der Waals surface area contributed by atoms with E-state index in [9.17, 15) is 4.79 Å². The normalized spacial score (nSPS) is 10.9. The van der Waals surface area contributed by atoms with Gasteiger partial charge < -0.3 is 14.6 Å². The number of thiophene rings is 1. The van der Waals surface area contributed by atoms with Crippen LogP contribution in [0.3, 0.4) is 0 Å². The second kappa shape index (κ2) is 8.28. The molecule has 2 heterocycles. The van der Waals surface area contributed by atoms with Crippen molar-refractivity contribution in [2.24, 2.45) is 0 Å². The summed E-state index contributed by atoms with van der Waals surface area (Å²) in [5.74, 6) is 1.37. The average Bonchev–Trinajstić information content (AvgIpc) is 3.40. The predicted octanol–water partition coefficient (Wildman–Crippen LogP) is 5.50. The molecule has 0 fully saturated rings. The molecule has 0 saturated carbocycles. The maximum atomic E-state index is 12.7. The van der Waals surface area contributed by atoms with E-state index in [2.05, 4.69) is 15.5 Å². The van der Waals surface area contributed by atoms with Crippen molar-refractivity contribution in [3.05, 3.63) is 71.6 Å². The Labute approximate surface area is 172 Å². The van der Waals surface area contributed by atoms with Gasteiger partial charge in [0.05, 0.1) is 22.2 Å². The van der Waals surface area contributed by atoms with Gasteiger partial charge in [-0.15, -0.1) is 11.3 Å². The summed E-state index contributed by atoms with van der Waals surface area (Å²) < 4.78 is 11.1. The quantitative estimate of drug-likeness (QED) is 0.458. The Balaban J connectivity index is 1.55. The topological polar surface area (TPSA) is 77.2 Å². The summed E-state index contributed by atoms with van der Waals surface area (Å²) in [7, 11) is 0. The van der Waals surface area contributed by atoms with Crippen LogP contribution in [-0.2, 0) is 0 Å². The number of carbonyl (C=O) groups is 1. The van der Waals surface area contributed by atoms with E-state index >= 15 is 0 Å². The Morgan fingerprint density at radius 2 is 1.86 bits per heavy atom. The van der Waals surface area contributed by atoms with Crippen LogP contribution in [0.2, 0.25) is 0 Å². The van der Waals surface area contributed by atoms with Gasteiger partial charge in [-0.05, 0) is 61.7 Å². The van der Waals surface area contributed by atoms with E-state index < -0.39 is 0 Å². The van der Waals surface area contributed by atoms with Crippen LogP contribution < -0.4 is 10.1 Å². The molecule has 1 N–H and O–H groups in total. The first-order valence-corrected chi connectivity index (χ1v) is 10.0. The lowest BCUT2D eigenvalue weighted by Crippen LogP contribution is -2.13. The first kappa shape index (κ1) is 18.9. The number of hydrogen-bond acceptors (Lipinski definition) is 6. The summed E-state index contributed by atoms with van der Waals surface area (Å²) in [6.45, 7) is 3.91. The average molecular weight is 405 g/mol. The predicted molar refractivity (Wildman–Crippen MR) is 113 cm³/mol. The van der Waals surface area contributed by atoms with Crippen molar-refractivity contribution < 1.29 is 14.1 Å². The minimum absolute atomic E-state index is 0.0787. The highest BCUT2D eigenvalue weighted by molar-refractivity contribution is 7.13. The molecule has 2 aromatic carbocycles. The fourth-order valence-electron chi connectivity index (χ4n) is 2.77. The van der Waals surface area contributed by atoms with Gasteiger partial charge in [-0.2, -0.15) is 4.98 Å². The highest BCUT2D eigenvalue weighted by Crippen LogP contribution is 2.30. The summed E-state index contributed by atoms with van der Waals surface area (Å²) in [4.78, 5) is 18.1. The number of hydrogen-bond donors (Lipinski definition) is 1. The van der Waals surface area contributed by atoms with Crippen molar-refractivity contribution in [2.45, 2.75) is 20.0 Å². The van der Waals surface area contributed by atoms with E-state index in [1.807, 2.05) is 49.6 Å². The third-order valence-electron chi connectivity index (χ3n) is 4.06. The third kappa shape index (κ3) is 4.35. The van der Waals surface area contributed by atoms with Crippen molar-refractivity contribution in [3.8, 4) is 27.9 Å². The van der Waals surface area contributed by atoms with Gasteiger partial charge >= 0.3 is 0 Å². The number of anilines is 1. The van der Waals surface area contributed by atoms with Crippen molar-refractivity contribution >= 4 is 22.9 Å². The molecule has 1 amide bonds. The first-order valence-electron chi connectivity index (χ1n) is 9.15. The van der Waals surface area contributed by atoms with Crippen LogP contribution in [0.5, 0.6) is 5.75 Å². The molecule has 0 aliphatic rings. The number of rotatable bonds is 6. The minimum Gasteiger partial charge on any atom is -0.491 e. The molecule has 0 bridgehead atoms. The Morgan fingerprint density at radius 1 is 1.07 bits per heavy atom. The lowest BCUT2D eigenvalue weighted by atomic mass is 10.1.